The second-order valence-electron chi connectivity index (χ2n) is 5.60. The molecule has 130 valence electrons. The molecule has 24 heavy (non-hydrogen) atoms. The number of anilines is 1. The van der Waals surface area contributed by atoms with Gasteiger partial charge in [-0.3, -0.25) is 4.90 Å². The zero-order valence-corrected chi connectivity index (χ0v) is 14.5. The number of alkyl halides is 3. The number of hydrogen-bond donors (Lipinski definition) is 0. The molecule has 2 aromatic heterocycles. The normalized spacial score (nSPS) is 18.0. The smallest absolute Gasteiger partial charge is 0.353 e. The molecule has 0 N–H and O–H groups in total. The number of rotatable bonds is 3. The minimum atomic E-state index is -4.43. The van der Waals surface area contributed by atoms with E-state index in [1.54, 1.807) is 17.5 Å². The second kappa shape index (κ2) is 6.85. The van der Waals surface area contributed by atoms with Gasteiger partial charge in [-0.15, -0.1) is 11.3 Å². The zero-order valence-electron chi connectivity index (χ0n) is 12.9. The van der Waals surface area contributed by atoms with Crippen LogP contribution in [0, 0.1) is 0 Å². The van der Waals surface area contributed by atoms with Crippen molar-refractivity contribution in [3.05, 3.63) is 39.4 Å². The average molecular weight is 377 g/mol. The van der Waals surface area contributed by atoms with Crippen molar-refractivity contribution in [1.82, 2.24) is 14.9 Å². The van der Waals surface area contributed by atoms with Crippen LogP contribution in [0.15, 0.2) is 23.8 Å². The van der Waals surface area contributed by atoms with E-state index in [9.17, 15) is 13.2 Å². The molecule has 9 heteroatoms. The van der Waals surface area contributed by atoms with Crippen LogP contribution >= 0.6 is 22.9 Å². The van der Waals surface area contributed by atoms with Crippen LogP contribution in [0.25, 0.3) is 0 Å². The predicted molar refractivity (Wildman–Crippen MR) is 88.6 cm³/mol. The molecule has 0 saturated carbocycles. The van der Waals surface area contributed by atoms with Gasteiger partial charge in [-0.1, -0.05) is 11.6 Å². The molecule has 1 unspecified atom stereocenters. The SMILES string of the molecule is CC(c1nccs1)N1CCN(c2ncc(C(F)(F)F)cc2Cl)CC1. The quantitative estimate of drug-likeness (QED) is 0.807. The third-order valence-corrected chi connectivity index (χ3v) is 5.34. The summed E-state index contributed by atoms with van der Waals surface area (Å²) in [6.45, 7) is 4.99. The van der Waals surface area contributed by atoms with Gasteiger partial charge >= 0.3 is 6.18 Å². The molecule has 0 spiro atoms. The largest absolute Gasteiger partial charge is 0.417 e. The first-order chi connectivity index (χ1) is 11.4. The van der Waals surface area contributed by atoms with Gasteiger partial charge < -0.3 is 4.90 Å². The maximum absolute atomic E-state index is 12.7. The molecule has 1 saturated heterocycles. The van der Waals surface area contributed by atoms with Crippen LogP contribution in [0.3, 0.4) is 0 Å². The van der Waals surface area contributed by atoms with Gasteiger partial charge in [0.15, 0.2) is 0 Å². The van der Waals surface area contributed by atoms with Gasteiger partial charge in [-0.25, -0.2) is 9.97 Å². The maximum Gasteiger partial charge on any atom is 0.417 e. The third-order valence-electron chi connectivity index (χ3n) is 4.12. The van der Waals surface area contributed by atoms with Crippen molar-refractivity contribution in [3.8, 4) is 0 Å². The number of piperazine rings is 1. The molecule has 1 aliphatic rings. The molecule has 0 bridgehead atoms. The lowest BCUT2D eigenvalue weighted by Gasteiger charge is -2.38. The first kappa shape index (κ1) is 17.4. The Morgan fingerprint density at radius 3 is 2.46 bits per heavy atom. The third kappa shape index (κ3) is 3.65. The summed E-state index contributed by atoms with van der Waals surface area (Å²) in [5.74, 6) is 0.409. The Morgan fingerprint density at radius 1 is 1.21 bits per heavy atom. The van der Waals surface area contributed by atoms with Crippen LogP contribution < -0.4 is 4.90 Å². The highest BCUT2D eigenvalue weighted by Gasteiger charge is 2.32. The average Bonchev–Trinajstić information content (AvgIpc) is 3.08. The number of halogens is 4. The van der Waals surface area contributed by atoms with Gasteiger partial charge in [0, 0.05) is 44.0 Å². The fraction of sp³-hybridized carbons (Fsp3) is 0.467. The molecule has 3 rings (SSSR count). The van der Waals surface area contributed by atoms with Crippen molar-refractivity contribution in [2.24, 2.45) is 0 Å². The summed E-state index contributed by atoms with van der Waals surface area (Å²) in [6.07, 6.45) is -1.80. The molecule has 0 radical (unpaired) electrons. The summed E-state index contributed by atoms with van der Waals surface area (Å²) in [6, 6.07) is 1.16. The van der Waals surface area contributed by atoms with Crippen LogP contribution in [0.4, 0.5) is 19.0 Å². The Bertz CT molecular complexity index is 685. The molecule has 0 aromatic carbocycles. The number of aromatic nitrogens is 2. The number of nitrogens with zero attached hydrogens (tertiary/aromatic N) is 4. The van der Waals surface area contributed by atoms with Gasteiger partial charge in [0.25, 0.3) is 0 Å². The monoisotopic (exact) mass is 376 g/mol. The molecule has 0 aliphatic carbocycles. The highest BCUT2D eigenvalue weighted by atomic mass is 35.5. The lowest BCUT2D eigenvalue weighted by molar-refractivity contribution is -0.137. The van der Waals surface area contributed by atoms with E-state index in [0.717, 1.165) is 30.4 Å². The summed E-state index contributed by atoms with van der Waals surface area (Å²) in [7, 11) is 0. The highest BCUT2D eigenvalue weighted by molar-refractivity contribution is 7.09. The minimum absolute atomic E-state index is 0.0336. The second-order valence-corrected chi connectivity index (χ2v) is 6.93. The summed E-state index contributed by atoms with van der Waals surface area (Å²) in [4.78, 5) is 12.5. The van der Waals surface area contributed by atoms with E-state index in [1.807, 2.05) is 10.3 Å². The van der Waals surface area contributed by atoms with Gasteiger partial charge in [-0.2, -0.15) is 13.2 Å². The summed E-state index contributed by atoms with van der Waals surface area (Å²) in [5, 5.41) is 3.05. The van der Waals surface area contributed by atoms with Gasteiger partial charge in [-0.05, 0) is 13.0 Å². The molecule has 1 aliphatic heterocycles. The summed E-state index contributed by atoms with van der Waals surface area (Å²) < 4.78 is 38.1. The standard InChI is InChI=1S/C15H16ClF3N4S/c1-10(14-20-2-7-24-14)22-3-5-23(6-4-22)13-12(16)8-11(9-21-13)15(17,18)19/h2,7-10H,3-6H2,1H3. The van der Waals surface area contributed by atoms with Crippen LogP contribution in [0.1, 0.15) is 23.5 Å². The van der Waals surface area contributed by atoms with Crippen LogP contribution in [-0.4, -0.2) is 41.0 Å². The highest BCUT2D eigenvalue weighted by Crippen LogP contribution is 2.34. The summed E-state index contributed by atoms with van der Waals surface area (Å²) >= 11 is 7.64. The molecule has 4 nitrogen and oxygen atoms in total. The zero-order chi connectivity index (χ0) is 17.3. The fourth-order valence-electron chi connectivity index (χ4n) is 2.74. The topological polar surface area (TPSA) is 32.3 Å². The van der Waals surface area contributed by atoms with E-state index in [-0.39, 0.29) is 11.1 Å². The van der Waals surface area contributed by atoms with Crippen LogP contribution in [-0.2, 0) is 6.18 Å². The summed E-state index contributed by atoms with van der Waals surface area (Å²) in [5.41, 5.74) is -0.827. The number of hydrogen-bond acceptors (Lipinski definition) is 5. The minimum Gasteiger partial charge on any atom is -0.353 e. The fourth-order valence-corrected chi connectivity index (χ4v) is 3.75. The number of pyridine rings is 1. The molecule has 1 atom stereocenters. The lowest BCUT2D eigenvalue weighted by atomic mass is 10.2. The van der Waals surface area contributed by atoms with Crippen LogP contribution in [0.2, 0.25) is 5.02 Å². The molecule has 0 amide bonds. The Balaban J connectivity index is 1.67. The van der Waals surface area contributed by atoms with Crippen LogP contribution in [0.5, 0.6) is 0 Å². The van der Waals surface area contributed by atoms with Crippen molar-refractivity contribution in [2.75, 3.05) is 31.1 Å². The van der Waals surface area contributed by atoms with E-state index >= 15 is 0 Å². The molecular formula is C15H16ClF3N4S. The Labute approximate surface area is 146 Å². The van der Waals surface area contributed by atoms with Crippen molar-refractivity contribution in [3.63, 3.8) is 0 Å². The molecule has 3 heterocycles. The molecule has 1 fully saturated rings. The lowest BCUT2D eigenvalue weighted by Crippen LogP contribution is -2.47. The predicted octanol–water partition coefficient (Wildman–Crippen LogP) is 4.09. The van der Waals surface area contributed by atoms with Crippen molar-refractivity contribution in [1.29, 1.82) is 0 Å². The van der Waals surface area contributed by atoms with Crippen molar-refractivity contribution < 1.29 is 13.2 Å². The van der Waals surface area contributed by atoms with E-state index < -0.39 is 11.7 Å². The Morgan fingerprint density at radius 2 is 1.92 bits per heavy atom. The van der Waals surface area contributed by atoms with Crippen molar-refractivity contribution in [2.45, 2.75) is 19.1 Å². The van der Waals surface area contributed by atoms with Crippen molar-refractivity contribution >= 4 is 28.8 Å². The van der Waals surface area contributed by atoms with E-state index in [0.29, 0.717) is 18.9 Å². The van der Waals surface area contributed by atoms with E-state index in [1.165, 1.54) is 0 Å². The van der Waals surface area contributed by atoms with Gasteiger partial charge in [0.05, 0.1) is 16.6 Å². The molecule has 2 aromatic rings. The van der Waals surface area contributed by atoms with E-state index in [2.05, 4.69) is 21.8 Å². The van der Waals surface area contributed by atoms with Gasteiger partial charge in [0.1, 0.15) is 10.8 Å². The van der Waals surface area contributed by atoms with Gasteiger partial charge in [0.2, 0.25) is 0 Å². The molecular weight excluding hydrogens is 361 g/mol. The van der Waals surface area contributed by atoms with E-state index in [4.69, 9.17) is 11.6 Å². The Hall–Kier alpha value is -1.38. The Kier molecular flexibility index (Phi) is 4.98. The number of thiazole rings is 1. The first-order valence-corrected chi connectivity index (χ1v) is 8.73. The maximum atomic E-state index is 12.7. The first-order valence-electron chi connectivity index (χ1n) is 7.47.